The van der Waals surface area contributed by atoms with E-state index in [0.717, 1.165) is 11.4 Å². The third kappa shape index (κ3) is 4.78. The van der Waals surface area contributed by atoms with Crippen molar-refractivity contribution in [1.29, 1.82) is 0 Å². The molecule has 0 N–H and O–H groups in total. The quantitative estimate of drug-likeness (QED) is 0.174. The maximum Gasteiger partial charge on any atom is 0.0640 e. The Balaban J connectivity index is 1.07. The van der Waals surface area contributed by atoms with Gasteiger partial charge >= 0.3 is 0 Å². The number of para-hydroxylation sites is 2. The highest BCUT2D eigenvalue weighted by Gasteiger charge is 2.20. The van der Waals surface area contributed by atoms with Gasteiger partial charge in [-0.15, -0.1) is 11.3 Å². The van der Waals surface area contributed by atoms with Crippen LogP contribution in [0.2, 0.25) is 0 Å². The molecule has 2 aromatic heterocycles. The summed E-state index contributed by atoms with van der Waals surface area (Å²) in [5, 5.41) is 10.2. The number of nitrogens with zero attached hydrogens (tertiary/aromatic N) is 2. The van der Waals surface area contributed by atoms with Crippen molar-refractivity contribution < 1.29 is 0 Å². The van der Waals surface area contributed by atoms with E-state index in [4.69, 9.17) is 0 Å². The second-order valence-corrected chi connectivity index (χ2v) is 14.8. The van der Waals surface area contributed by atoms with Gasteiger partial charge < -0.3 is 9.47 Å². The Bertz CT molecular complexity index is 3170. The standard InChI is InChI=1S/C50H32N2S/c1-2-14-38(15-3-1)52-45-19-9-8-17-42(45)44-32-37(24-29-46(44)52)34-21-26-39(27-22-34)51(40-28-23-33-11-4-5-13-36(33)31-40)47-20-10-18-43-49-41-16-7-6-12-35(41)25-30-48(49)53-50(43)47/h1-32H. The summed E-state index contributed by atoms with van der Waals surface area (Å²) in [4.78, 5) is 2.44. The van der Waals surface area contributed by atoms with E-state index in [9.17, 15) is 0 Å². The monoisotopic (exact) mass is 692 g/mol. The van der Waals surface area contributed by atoms with Crippen LogP contribution < -0.4 is 4.90 Å². The molecule has 0 bridgehead atoms. The van der Waals surface area contributed by atoms with Crippen molar-refractivity contribution in [3.05, 3.63) is 194 Å². The Morgan fingerprint density at radius 1 is 0.396 bits per heavy atom. The summed E-state index contributed by atoms with van der Waals surface area (Å²) in [7, 11) is 0. The SMILES string of the molecule is c1ccc(-n2c3ccccc3c3cc(-c4ccc(N(c5ccc6ccccc6c5)c5cccc6c5sc5ccc7ccccc7c56)cc4)ccc32)cc1. The molecule has 9 aromatic carbocycles. The van der Waals surface area contributed by atoms with Gasteiger partial charge in [-0.2, -0.15) is 0 Å². The van der Waals surface area contributed by atoms with E-state index in [-0.39, 0.29) is 0 Å². The third-order valence-corrected chi connectivity index (χ3v) is 11.9. The zero-order chi connectivity index (χ0) is 34.9. The molecule has 3 heteroatoms. The van der Waals surface area contributed by atoms with Crippen molar-refractivity contribution in [2.24, 2.45) is 0 Å². The summed E-state index contributed by atoms with van der Waals surface area (Å²) in [6, 6.07) is 70.9. The van der Waals surface area contributed by atoms with Gasteiger partial charge in [-0.1, -0.05) is 127 Å². The van der Waals surface area contributed by atoms with Crippen molar-refractivity contribution in [3.63, 3.8) is 0 Å². The molecule has 11 rings (SSSR count). The molecule has 0 saturated heterocycles. The van der Waals surface area contributed by atoms with Gasteiger partial charge in [0.2, 0.25) is 0 Å². The lowest BCUT2D eigenvalue weighted by molar-refractivity contribution is 1.18. The zero-order valence-corrected chi connectivity index (χ0v) is 29.6. The minimum absolute atomic E-state index is 1.13. The molecular formula is C50H32N2S. The smallest absolute Gasteiger partial charge is 0.0640 e. The number of anilines is 3. The van der Waals surface area contributed by atoms with Gasteiger partial charge in [-0.05, 0) is 99.4 Å². The van der Waals surface area contributed by atoms with Crippen LogP contribution >= 0.6 is 11.3 Å². The Labute approximate surface area is 311 Å². The van der Waals surface area contributed by atoms with Crippen LogP contribution in [0.1, 0.15) is 0 Å². The van der Waals surface area contributed by atoms with Crippen LogP contribution in [0.15, 0.2) is 194 Å². The van der Waals surface area contributed by atoms with Gasteiger partial charge in [0.1, 0.15) is 0 Å². The molecule has 0 radical (unpaired) electrons. The van der Waals surface area contributed by atoms with Crippen LogP contribution in [0.5, 0.6) is 0 Å². The number of benzene rings is 9. The van der Waals surface area contributed by atoms with Gasteiger partial charge in [0, 0.05) is 43.3 Å². The molecule has 0 saturated carbocycles. The predicted molar refractivity (Wildman–Crippen MR) is 229 cm³/mol. The molecule has 2 heterocycles. The molecule has 0 amide bonds. The summed E-state index contributed by atoms with van der Waals surface area (Å²) in [5.74, 6) is 0. The van der Waals surface area contributed by atoms with E-state index < -0.39 is 0 Å². The van der Waals surface area contributed by atoms with Crippen molar-refractivity contribution in [3.8, 4) is 16.8 Å². The van der Waals surface area contributed by atoms with Crippen molar-refractivity contribution in [2.75, 3.05) is 4.90 Å². The molecule has 0 aliphatic carbocycles. The van der Waals surface area contributed by atoms with Crippen LogP contribution in [-0.4, -0.2) is 4.57 Å². The fraction of sp³-hybridized carbons (Fsp3) is 0. The normalized spacial score (nSPS) is 11.8. The molecule has 0 unspecified atom stereocenters. The second kappa shape index (κ2) is 11.9. The van der Waals surface area contributed by atoms with Crippen molar-refractivity contribution in [1.82, 2.24) is 4.57 Å². The van der Waals surface area contributed by atoms with E-state index in [0.29, 0.717) is 0 Å². The van der Waals surface area contributed by atoms with Gasteiger partial charge in [0.05, 0.1) is 21.4 Å². The first-order valence-electron chi connectivity index (χ1n) is 18.1. The number of hydrogen-bond acceptors (Lipinski definition) is 2. The summed E-state index contributed by atoms with van der Waals surface area (Å²) in [6.45, 7) is 0. The van der Waals surface area contributed by atoms with Gasteiger partial charge in [0.15, 0.2) is 0 Å². The second-order valence-electron chi connectivity index (χ2n) is 13.7. The lowest BCUT2D eigenvalue weighted by atomic mass is 10.0. The minimum atomic E-state index is 1.13. The molecule has 0 aliphatic rings. The fourth-order valence-corrected chi connectivity index (χ4v) is 9.51. The third-order valence-electron chi connectivity index (χ3n) is 10.7. The van der Waals surface area contributed by atoms with E-state index in [2.05, 4.69) is 204 Å². The number of fused-ring (bicyclic) bond motifs is 9. The first-order chi connectivity index (χ1) is 26.3. The minimum Gasteiger partial charge on any atom is -0.309 e. The molecule has 0 spiro atoms. The van der Waals surface area contributed by atoms with Crippen LogP contribution in [0.3, 0.4) is 0 Å². The average molecular weight is 693 g/mol. The van der Waals surface area contributed by atoms with E-state index >= 15 is 0 Å². The highest BCUT2D eigenvalue weighted by atomic mass is 32.1. The highest BCUT2D eigenvalue weighted by Crippen LogP contribution is 2.47. The number of thiophene rings is 1. The summed E-state index contributed by atoms with van der Waals surface area (Å²) in [6.07, 6.45) is 0. The van der Waals surface area contributed by atoms with E-state index in [1.165, 1.54) is 86.0 Å². The maximum absolute atomic E-state index is 2.44. The van der Waals surface area contributed by atoms with Crippen LogP contribution in [0, 0.1) is 0 Å². The Hall–Kier alpha value is -6.68. The fourth-order valence-electron chi connectivity index (χ4n) is 8.28. The van der Waals surface area contributed by atoms with Crippen molar-refractivity contribution >= 4 is 91.9 Å². The van der Waals surface area contributed by atoms with E-state index in [1.807, 2.05) is 11.3 Å². The van der Waals surface area contributed by atoms with Crippen LogP contribution in [0.4, 0.5) is 17.1 Å². The summed E-state index contributed by atoms with van der Waals surface area (Å²) < 4.78 is 4.97. The van der Waals surface area contributed by atoms with Gasteiger partial charge in [-0.3, -0.25) is 0 Å². The molecule has 0 fully saturated rings. The maximum atomic E-state index is 2.44. The first-order valence-corrected chi connectivity index (χ1v) is 18.9. The van der Waals surface area contributed by atoms with E-state index in [1.54, 1.807) is 0 Å². The number of aromatic nitrogens is 1. The molecule has 11 aromatic rings. The number of rotatable bonds is 5. The Morgan fingerprint density at radius 2 is 1.06 bits per heavy atom. The first kappa shape index (κ1) is 30.0. The molecule has 248 valence electrons. The van der Waals surface area contributed by atoms with Crippen LogP contribution in [-0.2, 0) is 0 Å². The molecule has 2 nitrogen and oxygen atoms in total. The lowest BCUT2D eigenvalue weighted by Gasteiger charge is -2.26. The Morgan fingerprint density at radius 3 is 1.92 bits per heavy atom. The molecular weight excluding hydrogens is 661 g/mol. The summed E-state index contributed by atoms with van der Waals surface area (Å²) in [5.41, 5.74) is 9.45. The molecule has 53 heavy (non-hydrogen) atoms. The van der Waals surface area contributed by atoms with Crippen LogP contribution in [0.25, 0.3) is 80.3 Å². The average Bonchev–Trinajstić information content (AvgIpc) is 3.78. The van der Waals surface area contributed by atoms with Crippen molar-refractivity contribution in [2.45, 2.75) is 0 Å². The molecule has 0 aliphatic heterocycles. The number of hydrogen-bond donors (Lipinski definition) is 0. The van der Waals surface area contributed by atoms with Gasteiger partial charge in [-0.25, -0.2) is 0 Å². The Kier molecular flexibility index (Phi) is 6.76. The highest BCUT2D eigenvalue weighted by molar-refractivity contribution is 7.26. The largest absolute Gasteiger partial charge is 0.309 e. The molecule has 0 atom stereocenters. The summed E-state index contributed by atoms with van der Waals surface area (Å²) >= 11 is 1.88. The lowest BCUT2D eigenvalue weighted by Crippen LogP contribution is -2.10. The zero-order valence-electron chi connectivity index (χ0n) is 28.8. The van der Waals surface area contributed by atoms with Gasteiger partial charge in [0.25, 0.3) is 0 Å². The predicted octanol–water partition coefficient (Wildman–Crippen LogP) is 14.6. The topological polar surface area (TPSA) is 8.17 Å².